The number of nitrogens with two attached hydrogens (primary N) is 1. The molecule has 0 saturated heterocycles. The maximum Gasteiger partial charge on any atom is 0.0278 e. The smallest absolute Gasteiger partial charge is 0.0278 e. The number of benzene rings is 2. The molecule has 6 rings (SSSR count). The van der Waals surface area contributed by atoms with Crippen molar-refractivity contribution in [2.45, 2.75) is 135 Å². The van der Waals surface area contributed by atoms with Crippen LogP contribution in [0.3, 0.4) is 0 Å². The van der Waals surface area contributed by atoms with Gasteiger partial charge in [-0.2, -0.15) is 0 Å². The Morgan fingerprint density at radius 2 is 1.66 bits per heavy atom. The summed E-state index contributed by atoms with van der Waals surface area (Å²) in [6, 6.07) is 16.0. The van der Waals surface area contributed by atoms with E-state index in [2.05, 4.69) is 109 Å². The quantitative estimate of drug-likeness (QED) is 0.338. The maximum atomic E-state index is 6.86. The largest absolute Gasteiger partial charge is 0.366 e. The van der Waals surface area contributed by atoms with E-state index in [0.717, 1.165) is 18.5 Å². The zero-order valence-electron chi connectivity index (χ0n) is 29.0. The van der Waals surface area contributed by atoms with Gasteiger partial charge in [-0.25, -0.2) is 0 Å². The molecule has 0 spiro atoms. The number of hydrogen-bond donors (Lipinski definition) is 2. The molecule has 2 saturated carbocycles. The number of fused-ring (bicyclic) bond motifs is 6. The number of rotatable bonds is 5. The Hall–Kier alpha value is -2.58. The minimum absolute atomic E-state index is 0.0135. The zero-order valence-corrected chi connectivity index (χ0v) is 29.0. The average Bonchev–Trinajstić information content (AvgIpc) is 2.99. The van der Waals surface area contributed by atoms with Gasteiger partial charge in [-0.05, 0) is 117 Å². The third-order valence-corrected chi connectivity index (χ3v) is 12.2. The zero-order chi connectivity index (χ0) is 32.1. The van der Waals surface area contributed by atoms with Crippen molar-refractivity contribution in [2.75, 3.05) is 0 Å². The second-order valence-corrected chi connectivity index (χ2v) is 15.1. The van der Waals surface area contributed by atoms with Crippen molar-refractivity contribution in [2.24, 2.45) is 23.5 Å². The van der Waals surface area contributed by atoms with Crippen LogP contribution in [0.15, 0.2) is 79.7 Å². The summed E-state index contributed by atoms with van der Waals surface area (Å²) in [6.45, 7) is 25.5. The molecule has 0 bridgehead atoms. The molecule has 2 aromatic carbocycles. The lowest BCUT2D eigenvalue weighted by molar-refractivity contribution is 0.0785. The molecule has 2 aromatic rings. The highest BCUT2D eigenvalue weighted by molar-refractivity contribution is 5.43. The van der Waals surface area contributed by atoms with Crippen LogP contribution in [-0.4, -0.2) is 5.54 Å². The van der Waals surface area contributed by atoms with Crippen LogP contribution < -0.4 is 11.1 Å². The van der Waals surface area contributed by atoms with Gasteiger partial charge in [-0.3, -0.25) is 0 Å². The Balaban J connectivity index is 0.000000173. The molecule has 2 fully saturated rings. The lowest BCUT2D eigenvalue weighted by Gasteiger charge is -2.57. The van der Waals surface area contributed by atoms with Gasteiger partial charge in [0, 0.05) is 22.6 Å². The Bertz CT molecular complexity index is 1320. The molecule has 0 heterocycles. The van der Waals surface area contributed by atoms with Gasteiger partial charge in [0.05, 0.1) is 0 Å². The average molecular weight is 595 g/mol. The predicted octanol–water partition coefficient (Wildman–Crippen LogP) is 10.6. The molecule has 5 unspecified atom stereocenters. The first-order valence-corrected chi connectivity index (χ1v) is 17.6. The van der Waals surface area contributed by atoms with Crippen molar-refractivity contribution in [3.63, 3.8) is 0 Å². The van der Waals surface area contributed by atoms with Crippen LogP contribution in [0.2, 0.25) is 0 Å². The van der Waals surface area contributed by atoms with E-state index in [1.807, 2.05) is 0 Å². The Morgan fingerprint density at radius 1 is 0.955 bits per heavy atom. The van der Waals surface area contributed by atoms with Crippen LogP contribution in [-0.2, 0) is 23.7 Å². The first kappa shape index (κ1) is 34.3. The molecule has 2 heteroatoms. The fourth-order valence-corrected chi connectivity index (χ4v) is 9.53. The van der Waals surface area contributed by atoms with Gasteiger partial charge in [0.1, 0.15) is 0 Å². The van der Waals surface area contributed by atoms with E-state index in [1.165, 1.54) is 86.5 Å². The second kappa shape index (κ2) is 14.2. The highest BCUT2D eigenvalue weighted by atomic mass is 14.9. The van der Waals surface area contributed by atoms with Crippen molar-refractivity contribution in [3.8, 4) is 0 Å². The van der Waals surface area contributed by atoms with Gasteiger partial charge < -0.3 is 11.1 Å². The Kier molecular flexibility index (Phi) is 11.1. The normalized spacial score (nSPS) is 31.6. The highest BCUT2D eigenvalue weighted by Gasteiger charge is 2.54. The van der Waals surface area contributed by atoms with E-state index in [0.29, 0.717) is 23.2 Å². The molecule has 0 radical (unpaired) electrons. The molecule has 44 heavy (non-hydrogen) atoms. The molecule has 6 atom stereocenters. The fourth-order valence-electron chi connectivity index (χ4n) is 9.53. The third-order valence-electron chi connectivity index (χ3n) is 12.2. The summed E-state index contributed by atoms with van der Waals surface area (Å²) in [5.41, 5.74) is 17.5. The molecule has 0 aliphatic heterocycles. The van der Waals surface area contributed by atoms with Crippen molar-refractivity contribution in [1.82, 2.24) is 5.32 Å². The lowest BCUT2D eigenvalue weighted by atomic mass is 9.51. The topological polar surface area (TPSA) is 38.0 Å². The first-order valence-electron chi connectivity index (χ1n) is 17.6. The van der Waals surface area contributed by atoms with Crippen molar-refractivity contribution >= 4 is 0 Å². The van der Waals surface area contributed by atoms with Crippen LogP contribution in [0.1, 0.15) is 127 Å². The molecular weight excluding hydrogens is 532 g/mol. The molecule has 4 aliphatic rings. The third kappa shape index (κ3) is 6.67. The minimum Gasteiger partial charge on any atom is -0.366 e. The van der Waals surface area contributed by atoms with E-state index < -0.39 is 0 Å². The van der Waals surface area contributed by atoms with E-state index in [1.54, 1.807) is 17.3 Å². The lowest BCUT2D eigenvalue weighted by Crippen LogP contribution is -2.64. The highest BCUT2D eigenvalue weighted by Crippen LogP contribution is 2.54. The number of aryl methyl sites for hydroxylation is 3. The summed E-state index contributed by atoms with van der Waals surface area (Å²) in [5, 5.41) is 3.27. The minimum atomic E-state index is 0.0135. The SMILES string of the molecule is C=C(C)CCC.C=CNC(=C)C1CCCC2(C)c3cc(C)ccc3CCC12.CC1CCC[C@]2(C)c3ccccc3CCC12N. The molecule has 4 aliphatic carbocycles. The van der Waals surface area contributed by atoms with Gasteiger partial charge in [-0.15, -0.1) is 6.58 Å². The van der Waals surface area contributed by atoms with Gasteiger partial charge in [0.15, 0.2) is 0 Å². The monoisotopic (exact) mass is 594 g/mol. The number of hydrogen-bond acceptors (Lipinski definition) is 2. The summed E-state index contributed by atoms with van der Waals surface area (Å²) >= 11 is 0. The summed E-state index contributed by atoms with van der Waals surface area (Å²) < 4.78 is 0. The van der Waals surface area contributed by atoms with Crippen LogP contribution in [0.25, 0.3) is 0 Å². The van der Waals surface area contributed by atoms with Crippen molar-refractivity contribution in [3.05, 3.63) is 107 Å². The molecule has 2 nitrogen and oxygen atoms in total. The molecule has 240 valence electrons. The standard InChI is InChI=1S/C20H27N.C16H23N.C6H12/c1-5-21-15(3)17-7-6-12-20(4)18(17)11-10-16-9-8-14(2)13-19(16)20;1-12-6-5-10-15(2)14-8-4-3-7-13(14)9-11-16(12,15)17;1-4-5-6(2)3/h5,8-9,13,17-18,21H,1,3,6-7,10-12H2,2,4H3;3-4,7-8,12H,5-6,9-11,17H2,1-2H3;2,4-5H2,1,3H3/t;12?,15-,16?;/m.1./s1. The number of nitrogens with one attached hydrogen (secondary N) is 1. The van der Waals surface area contributed by atoms with E-state index >= 15 is 0 Å². The van der Waals surface area contributed by atoms with Gasteiger partial charge in [0.2, 0.25) is 0 Å². The van der Waals surface area contributed by atoms with Crippen LogP contribution in [0.5, 0.6) is 0 Å². The van der Waals surface area contributed by atoms with Gasteiger partial charge >= 0.3 is 0 Å². The van der Waals surface area contributed by atoms with Crippen LogP contribution in [0, 0.1) is 24.7 Å². The fraction of sp³-hybridized carbons (Fsp3) is 0.571. The Labute approximate surface area is 270 Å². The summed E-state index contributed by atoms with van der Waals surface area (Å²) in [5.74, 6) is 1.94. The summed E-state index contributed by atoms with van der Waals surface area (Å²) in [6.07, 6.45) is 16.8. The molecule has 0 aromatic heterocycles. The predicted molar refractivity (Wildman–Crippen MR) is 192 cm³/mol. The van der Waals surface area contributed by atoms with Crippen LogP contribution in [0.4, 0.5) is 0 Å². The maximum absolute atomic E-state index is 6.86. The van der Waals surface area contributed by atoms with E-state index in [-0.39, 0.29) is 11.0 Å². The molecule has 3 N–H and O–H groups in total. The molecular formula is C42H62N2. The van der Waals surface area contributed by atoms with Gasteiger partial charge in [0.25, 0.3) is 0 Å². The van der Waals surface area contributed by atoms with E-state index in [9.17, 15) is 0 Å². The summed E-state index contributed by atoms with van der Waals surface area (Å²) in [4.78, 5) is 0. The second-order valence-electron chi connectivity index (χ2n) is 15.1. The van der Waals surface area contributed by atoms with Crippen molar-refractivity contribution in [1.29, 1.82) is 0 Å². The van der Waals surface area contributed by atoms with Crippen molar-refractivity contribution < 1.29 is 0 Å². The molecule has 0 amide bonds. The Morgan fingerprint density at radius 3 is 2.34 bits per heavy atom. The van der Waals surface area contributed by atoms with E-state index in [4.69, 9.17) is 5.73 Å². The summed E-state index contributed by atoms with van der Waals surface area (Å²) in [7, 11) is 0. The van der Waals surface area contributed by atoms with Crippen LogP contribution >= 0.6 is 0 Å². The van der Waals surface area contributed by atoms with Gasteiger partial charge in [-0.1, -0.05) is 114 Å². The first-order chi connectivity index (χ1) is 20.9. The number of allylic oxidation sites excluding steroid dienone is 2.